The molecule has 1 N–H and O–H groups in total. The molecule has 1 amide bonds. The summed E-state index contributed by atoms with van der Waals surface area (Å²) in [5.41, 5.74) is 1.03. The van der Waals surface area contributed by atoms with E-state index >= 15 is 0 Å². The fourth-order valence-corrected chi connectivity index (χ4v) is 3.93. The molecule has 32 heavy (non-hydrogen) atoms. The molecule has 1 fully saturated rings. The molecule has 0 aromatic heterocycles. The van der Waals surface area contributed by atoms with Gasteiger partial charge in [0, 0.05) is 19.2 Å². The zero-order chi connectivity index (χ0) is 22.7. The first kappa shape index (κ1) is 21.7. The number of rotatable bonds is 7. The number of Topliss-reactive ketones (excluding diaryl/α,β-unsaturated/α-hetero) is 1. The molecule has 0 spiro atoms. The smallest absolute Gasteiger partial charge is 0.295 e. The maximum atomic E-state index is 13.0. The summed E-state index contributed by atoms with van der Waals surface area (Å²) < 4.78 is 21.9. The van der Waals surface area contributed by atoms with Crippen LogP contribution in [-0.2, 0) is 14.3 Å². The van der Waals surface area contributed by atoms with E-state index in [0.717, 1.165) is 0 Å². The first-order chi connectivity index (χ1) is 15.5. The van der Waals surface area contributed by atoms with E-state index in [1.165, 1.54) is 12.0 Å². The van der Waals surface area contributed by atoms with Crippen molar-refractivity contribution in [2.24, 2.45) is 0 Å². The predicted molar refractivity (Wildman–Crippen MR) is 116 cm³/mol. The molecule has 0 bridgehead atoms. The third kappa shape index (κ3) is 4.01. The number of ether oxygens (including phenoxy) is 4. The van der Waals surface area contributed by atoms with Crippen LogP contribution >= 0.6 is 0 Å². The van der Waals surface area contributed by atoms with Crippen molar-refractivity contribution < 1.29 is 33.6 Å². The molecule has 1 atom stereocenters. The Bertz CT molecular complexity index is 1060. The Morgan fingerprint density at radius 2 is 1.91 bits per heavy atom. The molecule has 2 aromatic carbocycles. The van der Waals surface area contributed by atoms with E-state index in [1.54, 1.807) is 42.5 Å². The number of nitrogens with zero attached hydrogens (tertiary/aromatic N) is 1. The van der Waals surface area contributed by atoms with Crippen molar-refractivity contribution in [3.05, 3.63) is 59.2 Å². The number of methoxy groups -OCH3 is 1. The van der Waals surface area contributed by atoms with Crippen LogP contribution in [0.3, 0.4) is 0 Å². The molecule has 2 heterocycles. The second-order valence-corrected chi connectivity index (χ2v) is 7.35. The number of carbonyl (C=O) groups is 2. The number of benzene rings is 2. The number of amides is 1. The van der Waals surface area contributed by atoms with E-state index in [2.05, 4.69) is 0 Å². The quantitative estimate of drug-likeness (QED) is 0.403. The van der Waals surface area contributed by atoms with Gasteiger partial charge in [0.05, 0.1) is 24.8 Å². The van der Waals surface area contributed by atoms with Crippen molar-refractivity contribution in [1.29, 1.82) is 0 Å². The summed E-state index contributed by atoms with van der Waals surface area (Å²) >= 11 is 0. The lowest BCUT2D eigenvalue weighted by molar-refractivity contribution is -0.140. The molecule has 8 nitrogen and oxygen atoms in total. The number of ketones is 1. The summed E-state index contributed by atoms with van der Waals surface area (Å²) in [5.74, 6) is -0.0156. The Labute approximate surface area is 185 Å². The van der Waals surface area contributed by atoms with Gasteiger partial charge >= 0.3 is 0 Å². The van der Waals surface area contributed by atoms with Crippen molar-refractivity contribution in [3.8, 4) is 17.2 Å². The molecule has 0 aliphatic carbocycles. The van der Waals surface area contributed by atoms with Crippen molar-refractivity contribution in [1.82, 2.24) is 4.90 Å². The highest BCUT2D eigenvalue weighted by Gasteiger charge is 2.46. The molecule has 1 unspecified atom stereocenters. The fraction of sp³-hybridized carbons (Fsp3) is 0.333. The minimum absolute atomic E-state index is 0.0106. The van der Waals surface area contributed by atoms with E-state index in [4.69, 9.17) is 18.9 Å². The Morgan fingerprint density at radius 1 is 1.12 bits per heavy atom. The Kier molecular flexibility index (Phi) is 6.32. The first-order valence-electron chi connectivity index (χ1n) is 10.4. The van der Waals surface area contributed by atoms with Crippen LogP contribution in [0, 0.1) is 0 Å². The van der Waals surface area contributed by atoms with Gasteiger partial charge < -0.3 is 29.0 Å². The second kappa shape index (κ2) is 9.32. The largest absolute Gasteiger partial charge is 0.507 e. The number of hydrogen-bond donors (Lipinski definition) is 1. The van der Waals surface area contributed by atoms with Crippen LogP contribution in [0.2, 0.25) is 0 Å². The number of likely N-dealkylation sites (tertiary alicyclic amines) is 1. The molecule has 2 aliphatic rings. The van der Waals surface area contributed by atoms with Gasteiger partial charge in [0.15, 0.2) is 11.5 Å². The predicted octanol–water partition coefficient (Wildman–Crippen LogP) is 2.92. The van der Waals surface area contributed by atoms with Gasteiger partial charge in [0.1, 0.15) is 24.7 Å². The summed E-state index contributed by atoms with van der Waals surface area (Å²) in [5, 5.41) is 11.2. The van der Waals surface area contributed by atoms with Gasteiger partial charge in [0.2, 0.25) is 0 Å². The van der Waals surface area contributed by atoms with Crippen molar-refractivity contribution >= 4 is 17.4 Å². The van der Waals surface area contributed by atoms with E-state index < -0.39 is 17.7 Å². The Hall–Kier alpha value is -3.52. The molecule has 4 rings (SSSR count). The maximum Gasteiger partial charge on any atom is 0.295 e. The molecule has 2 aliphatic heterocycles. The highest BCUT2D eigenvalue weighted by Crippen LogP contribution is 2.42. The first-order valence-corrected chi connectivity index (χ1v) is 10.4. The third-order valence-electron chi connectivity index (χ3n) is 5.38. The van der Waals surface area contributed by atoms with Crippen molar-refractivity contribution in [2.45, 2.75) is 13.0 Å². The van der Waals surface area contributed by atoms with Gasteiger partial charge in [-0.1, -0.05) is 18.2 Å². The molecule has 168 valence electrons. The topological polar surface area (TPSA) is 94.5 Å². The lowest BCUT2D eigenvalue weighted by Gasteiger charge is -2.26. The fourth-order valence-electron chi connectivity index (χ4n) is 3.93. The average molecular weight is 439 g/mol. The normalized spacial score (nSPS) is 19.3. The van der Waals surface area contributed by atoms with Gasteiger partial charge in [-0.05, 0) is 36.8 Å². The van der Waals surface area contributed by atoms with Gasteiger partial charge in [-0.2, -0.15) is 0 Å². The average Bonchev–Trinajstić information content (AvgIpc) is 3.07. The third-order valence-corrected chi connectivity index (χ3v) is 5.38. The summed E-state index contributed by atoms with van der Waals surface area (Å²) in [6, 6.07) is 11.3. The molecule has 1 saturated heterocycles. The Balaban J connectivity index is 1.83. The van der Waals surface area contributed by atoms with Gasteiger partial charge in [-0.25, -0.2) is 0 Å². The lowest BCUT2D eigenvalue weighted by atomic mass is 9.95. The number of carbonyl (C=O) groups excluding carboxylic acids is 2. The molecule has 0 radical (unpaired) electrons. The van der Waals surface area contributed by atoms with Crippen LogP contribution in [0.15, 0.2) is 48.0 Å². The molecule has 8 heteroatoms. The van der Waals surface area contributed by atoms with Crippen LogP contribution < -0.4 is 14.2 Å². The van der Waals surface area contributed by atoms with E-state index in [-0.39, 0.29) is 24.5 Å². The van der Waals surface area contributed by atoms with E-state index in [0.29, 0.717) is 48.2 Å². The zero-order valence-corrected chi connectivity index (χ0v) is 18.0. The van der Waals surface area contributed by atoms with Crippen LogP contribution in [-0.4, -0.2) is 61.8 Å². The summed E-state index contributed by atoms with van der Waals surface area (Å²) in [6.07, 6.45) is 0. The van der Waals surface area contributed by atoms with Crippen LogP contribution in [0.25, 0.3) is 5.76 Å². The second-order valence-electron chi connectivity index (χ2n) is 7.35. The highest BCUT2D eigenvalue weighted by atomic mass is 16.6. The number of aliphatic hydroxyl groups excluding tert-OH is 1. The van der Waals surface area contributed by atoms with Gasteiger partial charge in [-0.3, -0.25) is 9.59 Å². The minimum Gasteiger partial charge on any atom is -0.507 e. The van der Waals surface area contributed by atoms with Crippen molar-refractivity contribution in [3.63, 3.8) is 0 Å². The molecule has 2 aromatic rings. The zero-order valence-electron chi connectivity index (χ0n) is 18.0. The maximum absolute atomic E-state index is 13.0. The van der Waals surface area contributed by atoms with Gasteiger partial charge in [0.25, 0.3) is 11.7 Å². The van der Waals surface area contributed by atoms with Crippen LogP contribution in [0.4, 0.5) is 0 Å². The summed E-state index contributed by atoms with van der Waals surface area (Å²) in [6.45, 7) is 3.61. The SMILES string of the molecule is CCOc1cccc(/C(O)=C2/C(=O)C(=O)N(CCOC)C2c2ccc3c(c2)OCCO3)c1. The molecular formula is C24H25NO7. The Morgan fingerprint density at radius 3 is 2.66 bits per heavy atom. The van der Waals surface area contributed by atoms with Crippen LogP contribution in [0.5, 0.6) is 17.2 Å². The summed E-state index contributed by atoms with van der Waals surface area (Å²) in [4.78, 5) is 27.3. The van der Waals surface area contributed by atoms with Crippen LogP contribution in [0.1, 0.15) is 24.1 Å². The highest BCUT2D eigenvalue weighted by molar-refractivity contribution is 6.46. The van der Waals surface area contributed by atoms with Gasteiger partial charge in [-0.15, -0.1) is 0 Å². The van der Waals surface area contributed by atoms with E-state index in [9.17, 15) is 14.7 Å². The standard InChI is InChI=1S/C24H25NO7/c1-3-30-17-6-4-5-16(13-17)22(26)20-21(25(9-10-29-2)24(28)23(20)27)15-7-8-18-19(14-15)32-12-11-31-18/h4-8,13-14,21,26H,3,9-12H2,1-2H3/b22-20-. The summed E-state index contributed by atoms with van der Waals surface area (Å²) in [7, 11) is 1.52. The van der Waals surface area contributed by atoms with E-state index in [1.807, 2.05) is 6.92 Å². The minimum atomic E-state index is -0.795. The number of aliphatic hydroxyl groups is 1. The number of hydrogen-bond acceptors (Lipinski definition) is 7. The molecular weight excluding hydrogens is 414 g/mol. The molecule has 0 saturated carbocycles. The van der Waals surface area contributed by atoms with Crippen molar-refractivity contribution in [2.75, 3.05) is 40.1 Å². The monoisotopic (exact) mass is 439 g/mol. The number of fused-ring (bicyclic) bond motifs is 1. The lowest BCUT2D eigenvalue weighted by Crippen LogP contribution is -2.32.